The first-order chi connectivity index (χ1) is 8.69. The lowest BCUT2D eigenvalue weighted by atomic mass is 10.2. The molecule has 0 atom stereocenters. The molecule has 0 aliphatic carbocycles. The van der Waals surface area contributed by atoms with Crippen molar-refractivity contribution in [2.75, 3.05) is 11.9 Å². The first kappa shape index (κ1) is 12.5. The van der Waals surface area contributed by atoms with E-state index in [1.165, 1.54) is 0 Å². The number of aryl methyl sites for hydroxylation is 1. The highest BCUT2D eigenvalue weighted by Crippen LogP contribution is 2.20. The molecule has 18 heavy (non-hydrogen) atoms. The molecule has 4 nitrogen and oxygen atoms in total. The molecule has 0 amide bonds. The van der Waals surface area contributed by atoms with E-state index in [0.29, 0.717) is 17.1 Å². The van der Waals surface area contributed by atoms with Crippen molar-refractivity contribution in [2.24, 2.45) is 7.05 Å². The van der Waals surface area contributed by atoms with Crippen LogP contribution < -0.4 is 5.32 Å². The van der Waals surface area contributed by atoms with E-state index in [2.05, 4.69) is 16.5 Å². The van der Waals surface area contributed by atoms with Crippen molar-refractivity contribution in [3.05, 3.63) is 46.7 Å². The van der Waals surface area contributed by atoms with Gasteiger partial charge >= 0.3 is 0 Å². The first-order valence-electron chi connectivity index (χ1n) is 5.61. The Morgan fingerprint density at radius 2 is 2.28 bits per heavy atom. The quantitative estimate of drug-likeness (QED) is 0.919. The van der Waals surface area contributed by atoms with Crippen molar-refractivity contribution in [2.45, 2.75) is 6.42 Å². The summed E-state index contributed by atoms with van der Waals surface area (Å²) < 4.78 is 1.77. The molecule has 0 bridgehead atoms. The van der Waals surface area contributed by atoms with Crippen LogP contribution in [0.15, 0.2) is 30.5 Å². The monoisotopic (exact) mass is 260 g/mol. The maximum atomic E-state index is 8.98. The number of nitriles is 1. The molecule has 0 unspecified atom stereocenters. The molecular weight excluding hydrogens is 248 g/mol. The number of aromatic nitrogens is 2. The van der Waals surface area contributed by atoms with Crippen LogP contribution >= 0.6 is 11.6 Å². The van der Waals surface area contributed by atoms with Gasteiger partial charge in [0.05, 0.1) is 16.9 Å². The van der Waals surface area contributed by atoms with Gasteiger partial charge in [-0.05, 0) is 24.3 Å². The van der Waals surface area contributed by atoms with Crippen LogP contribution in [0.5, 0.6) is 0 Å². The summed E-state index contributed by atoms with van der Waals surface area (Å²) in [5.41, 5.74) is 2.38. The molecule has 0 saturated heterocycles. The summed E-state index contributed by atoms with van der Waals surface area (Å²) in [5.74, 6) is 0. The van der Waals surface area contributed by atoms with Crippen molar-refractivity contribution >= 4 is 17.3 Å². The average Bonchev–Trinajstić information content (AvgIpc) is 2.75. The molecule has 0 saturated carbocycles. The molecular formula is C13H13ClN4. The number of hydrogen-bond donors (Lipinski definition) is 1. The average molecular weight is 261 g/mol. The highest BCUT2D eigenvalue weighted by atomic mass is 35.5. The third-order valence-corrected chi connectivity index (χ3v) is 2.80. The predicted octanol–water partition coefficient (Wildman–Crippen LogP) is 2.60. The van der Waals surface area contributed by atoms with Gasteiger partial charge in [-0.25, -0.2) is 0 Å². The number of nitrogens with one attached hydrogen (secondary N) is 1. The predicted molar refractivity (Wildman–Crippen MR) is 71.6 cm³/mol. The van der Waals surface area contributed by atoms with Crippen LogP contribution in [0.2, 0.25) is 5.02 Å². The van der Waals surface area contributed by atoms with Crippen molar-refractivity contribution in [1.82, 2.24) is 9.78 Å². The zero-order valence-corrected chi connectivity index (χ0v) is 10.8. The molecule has 92 valence electrons. The van der Waals surface area contributed by atoms with Gasteiger partial charge in [-0.3, -0.25) is 4.68 Å². The van der Waals surface area contributed by atoms with Gasteiger partial charge in [0.2, 0.25) is 0 Å². The van der Waals surface area contributed by atoms with Gasteiger partial charge in [-0.15, -0.1) is 0 Å². The van der Waals surface area contributed by atoms with E-state index in [4.69, 9.17) is 16.9 Å². The fraction of sp³-hybridized carbons (Fsp3) is 0.231. The number of rotatable bonds is 4. The van der Waals surface area contributed by atoms with Crippen LogP contribution in [0.4, 0.5) is 5.69 Å². The summed E-state index contributed by atoms with van der Waals surface area (Å²) >= 11 is 5.91. The topological polar surface area (TPSA) is 53.6 Å². The third kappa shape index (κ3) is 3.02. The van der Waals surface area contributed by atoms with Gasteiger partial charge in [-0.1, -0.05) is 11.6 Å². The molecule has 2 aromatic rings. The number of anilines is 1. The Morgan fingerprint density at radius 1 is 1.44 bits per heavy atom. The Bertz CT molecular complexity index is 583. The van der Waals surface area contributed by atoms with Crippen LogP contribution in [-0.2, 0) is 13.5 Å². The van der Waals surface area contributed by atoms with E-state index in [1.54, 1.807) is 22.9 Å². The van der Waals surface area contributed by atoms with Gasteiger partial charge in [-0.2, -0.15) is 10.4 Å². The number of nitrogens with zero attached hydrogens (tertiary/aromatic N) is 3. The number of benzene rings is 1. The summed E-state index contributed by atoms with van der Waals surface area (Å²) in [4.78, 5) is 0. The van der Waals surface area contributed by atoms with Gasteiger partial charge in [0, 0.05) is 31.2 Å². The lowest BCUT2D eigenvalue weighted by molar-refractivity contribution is 0.742. The van der Waals surface area contributed by atoms with Crippen molar-refractivity contribution in [3.63, 3.8) is 0 Å². The second-order valence-electron chi connectivity index (χ2n) is 3.96. The molecule has 1 N–H and O–H groups in total. The second kappa shape index (κ2) is 5.56. The smallest absolute Gasteiger partial charge is 0.101 e. The Labute approximate surface area is 111 Å². The highest BCUT2D eigenvalue weighted by Gasteiger charge is 2.03. The fourth-order valence-corrected chi connectivity index (χ4v) is 1.85. The van der Waals surface area contributed by atoms with E-state index in [0.717, 1.165) is 17.8 Å². The first-order valence-corrected chi connectivity index (χ1v) is 5.99. The summed E-state index contributed by atoms with van der Waals surface area (Å²) in [6.45, 7) is 0.714. The Balaban J connectivity index is 1.98. The van der Waals surface area contributed by atoms with Crippen molar-refractivity contribution < 1.29 is 0 Å². The second-order valence-corrected chi connectivity index (χ2v) is 4.40. The molecule has 0 radical (unpaired) electrons. The fourth-order valence-electron chi connectivity index (χ4n) is 1.68. The zero-order valence-electron chi connectivity index (χ0n) is 10.0. The van der Waals surface area contributed by atoms with Gasteiger partial charge in [0.15, 0.2) is 0 Å². The SMILES string of the molecule is Cn1ccc(CCNc2cc(Cl)ccc2C#N)n1. The van der Waals surface area contributed by atoms with E-state index < -0.39 is 0 Å². The molecule has 1 aromatic carbocycles. The maximum absolute atomic E-state index is 8.98. The van der Waals surface area contributed by atoms with Crippen molar-refractivity contribution in [1.29, 1.82) is 5.26 Å². The number of hydrogen-bond acceptors (Lipinski definition) is 3. The molecule has 0 aliphatic heterocycles. The lowest BCUT2D eigenvalue weighted by Crippen LogP contribution is -2.07. The molecule has 5 heteroatoms. The summed E-state index contributed by atoms with van der Waals surface area (Å²) in [6.07, 6.45) is 2.72. The van der Waals surface area contributed by atoms with E-state index in [-0.39, 0.29) is 0 Å². The Kier molecular flexibility index (Phi) is 3.85. The van der Waals surface area contributed by atoms with Crippen LogP contribution in [0, 0.1) is 11.3 Å². The molecule has 1 heterocycles. The van der Waals surface area contributed by atoms with Crippen LogP contribution in [0.3, 0.4) is 0 Å². The molecule has 0 spiro atoms. The highest BCUT2D eigenvalue weighted by molar-refractivity contribution is 6.30. The van der Waals surface area contributed by atoms with Crippen LogP contribution in [-0.4, -0.2) is 16.3 Å². The van der Waals surface area contributed by atoms with Crippen molar-refractivity contribution in [3.8, 4) is 6.07 Å². The number of halogens is 1. The minimum absolute atomic E-state index is 0.598. The standard InChI is InChI=1S/C13H13ClN4/c1-18-7-5-12(17-18)4-6-16-13-8-11(14)3-2-10(13)9-15/h2-3,5,7-8,16H,4,6H2,1H3. The third-order valence-electron chi connectivity index (χ3n) is 2.57. The summed E-state index contributed by atoms with van der Waals surface area (Å²) in [5, 5.41) is 17.1. The zero-order chi connectivity index (χ0) is 13.0. The molecule has 1 aromatic heterocycles. The van der Waals surface area contributed by atoms with E-state index in [1.807, 2.05) is 19.3 Å². The van der Waals surface area contributed by atoms with E-state index >= 15 is 0 Å². The van der Waals surface area contributed by atoms with Gasteiger partial charge in [0.1, 0.15) is 6.07 Å². The molecule has 0 fully saturated rings. The van der Waals surface area contributed by atoms with E-state index in [9.17, 15) is 0 Å². The Morgan fingerprint density at radius 3 is 2.94 bits per heavy atom. The largest absolute Gasteiger partial charge is 0.384 e. The summed E-state index contributed by atoms with van der Waals surface area (Å²) in [6, 6.07) is 9.30. The lowest BCUT2D eigenvalue weighted by Gasteiger charge is -2.07. The normalized spacial score (nSPS) is 10.1. The van der Waals surface area contributed by atoms with Gasteiger partial charge < -0.3 is 5.32 Å². The maximum Gasteiger partial charge on any atom is 0.101 e. The van der Waals surface area contributed by atoms with Crippen LogP contribution in [0.25, 0.3) is 0 Å². The molecule has 0 aliphatic rings. The van der Waals surface area contributed by atoms with Gasteiger partial charge in [0.25, 0.3) is 0 Å². The van der Waals surface area contributed by atoms with Crippen LogP contribution in [0.1, 0.15) is 11.3 Å². The Hall–Kier alpha value is -1.99. The minimum atomic E-state index is 0.598. The molecule has 2 rings (SSSR count). The minimum Gasteiger partial charge on any atom is -0.384 e. The summed E-state index contributed by atoms with van der Waals surface area (Å²) in [7, 11) is 1.89.